The van der Waals surface area contributed by atoms with Gasteiger partial charge in [-0.15, -0.1) is 0 Å². The number of aromatic nitrogens is 4. The highest BCUT2D eigenvalue weighted by Gasteiger charge is 2.25. The Balaban J connectivity index is 1.49. The van der Waals surface area contributed by atoms with Crippen molar-refractivity contribution < 1.29 is 14.3 Å². The SMILES string of the molecule is COc1ccccc1-c1cc(C(=O)N2CCCO[C@@H](Cn3cccn3)C2)[nH]n1. The molecular weight excluding hydrogens is 358 g/mol. The summed E-state index contributed by atoms with van der Waals surface area (Å²) in [6, 6.07) is 11.3. The molecule has 0 spiro atoms. The summed E-state index contributed by atoms with van der Waals surface area (Å²) in [5, 5.41) is 11.4. The largest absolute Gasteiger partial charge is 0.496 e. The number of hydrogen-bond donors (Lipinski definition) is 1. The Morgan fingerprint density at radius 3 is 3.07 bits per heavy atom. The number of hydrogen-bond acceptors (Lipinski definition) is 5. The fraction of sp³-hybridized carbons (Fsp3) is 0.350. The Labute approximate surface area is 163 Å². The molecule has 1 aromatic carbocycles. The monoisotopic (exact) mass is 381 g/mol. The Morgan fingerprint density at radius 1 is 1.36 bits per heavy atom. The van der Waals surface area contributed by atoms with Crippen molar-refractivity contribution in [3.05, 3.63) is 54.5 Å². The first kappa shape index (κ1) is 18.2. The van der Waals surface area contributed by atoms with Gasteiger partial charge in [-0.2, -0.15) is 10.2 Å². The average molecular weight is 381 g/mol. The number of rotatable bonds is 5. The second kappa shape index (κ2) is 8.26. The molecule has 1 saturated heterocycles. The third-order valence-corrected chi connectivity index (χ3v) is 4.78. The van der Waals surface area contributed by atoms with E-state index >= 15 is 0 Å². The van der Waals surface area contributed by atoms with E-state index in [0.29, 0.717) is 37.6 Å². The molecule has 1 fully saturated rings. The zero-order chi connectivity index (χ0) is 19.3. The summed E-state index contributed by atoms with van der Waals surface area (Å²) < 4.78 is 13.1. The summed E-state index contributed by atoms with van der Waals surface area (Å²) in [7, 11) is 1.62. The molecule has 4 rings (SSSR count). The number of nitrogens with zero attached hydrogens (tertiary/aromatic N) is 4. The van der Waals surface area contributed by atoms with E-state index in [1.54, 1.807) is 19.4 Å². The van der Waals surface area contributed by atoms with Crippen LogP contribution in [0, 0.1) is 0 Å². The Kier molecular flexibility index (Phi) is 5.38. The molecule has 28 heavy (non-hydrogen) atoms. The second-order valence-corrected chi connectivity index (χ2v) is 6.69. The van der Waals surface area contributed by atoms with Crippen molar-refractivity contribution in [2.45, 2.75) is 19.1 Å². The van der Waals surface area contributed by atoms with Gasteiger partial charge in [0.1, 0.15) is 11.4 Å². The molecule has 0 aliphatic carbocycles. The maximum atomic E-state index is 13.0. The topological polar surface area (TPSA) is 85.3 Å². The number of H-pyrrole nitrogens is 1. The molecule has 0 unspecified atom stereocenters. The highest BCUT2D eigenvalue weighted by atomic mass is 16.5. The standard InChI is InChI=1S/C20H23N5O3/c1-27-19-7-3-2-6-16(19)17-12-18(23-22-17)20(26)24-9-5-11-28-15(13-24)14-25-10-4-8-21-25/h2-4,6-8,10,12,15H,5,9,11,13-14H2,1H3,(H,22,23)/t15-/m1/s1. The van der Waals surface area contributed by atoms with Gasteiger partial charge in [0.2, 0.25) is 0 Å². The van der Waals surface area contributed by atoms with Gasteiger partial charge in [0, 0.05) is 37.7 Å². The van der Waals surface area contributed by atoms with Gasteiger partial charge in [0.15, 0.2) is 0 Å². The summed E-state index contributed by atoms with van der Waals surface area (Å²) in [4.78, 5) is 14.9. The second-order valence-electron chi connectivity index (χ2n) is 6.69. The van der Waals surface area contributed by atoms with Crippen LogP contribution in [0.5, 0.6) is 5.75 Å². The predicted molar refractivity (Wildman–Crippen MR) is 103 cm³/mol. The minimum absolute atomic E-state index is 0.0791. The maximum absolute atomic E-state index is 13.0. The molecule has 1 atom stereocenters. The lowest BCUT2D eigenvalue weighted by Crippen LogP contribution is -2.38. The van der Waals surface area contributed by atoms with E-state index in [0.717, 1.165) is 17.7 Å². The molecule has 0 saturated carbocycles. The number of para-hydroxylation sites is 1. The van der Waals surface area contributed by atoms with E-state index in [4.69, 9.17) is 9.47 Å². The van der Waals surface area contributed by atoms with Crippen molar-refractivity contribution in [1.82, 2.24) is 24.9 Å². The molecule has 1 aliphatic rings. The van der Waals surface area contributed by atoms with E-state index in [1.807, 2.05) is 46.1 Å². The molecule has 1 N–H and O–H groups in total. The van der Waals surface area contributed by atoms with E-state index in [9.17, 15) is 4.79 Å². The van der Waals surface area contributed by atoms with Crippen LogP contribution in [0.1, 0.15) is 16.9 Å². The van der Waals surface area contributed by atoms with Crippen molar-refractivity contribution in [3.8, 4) is 17.0 Å². The van der Waals surface area contributed by atoms with E-state index in [-0.39, 0.29) is 12.0 Å². The molecule has 8 heteroatoms. The fourth-order valence-corrected chi connectivity index (χ4v) is 3.40. The van der Waals surface area contributed by atoms with Gasteiger partial charge < -0.3 is 14.4 Å². The zero-order valence-electron chi connectivity index (χ0n) is 15.7. The van der Waals surface area contributed by atoms with Gasteiger partial charge in [-0.25, -0.2) is 0 Å². The van der Waals surface area contributed by atoms with Gasteiger partial charge in [0.05, 0.1) is 25.5 Å². The number of carbonyl (C=O) groups excluding carboxylic acids is 1. The zero-order valence-corrected chi connectivity index (χ0v) is 15.7. The normalized spacial score (nSPS) is 17.3. The van der Waals surface area contributed by atoms with Gasteiger partial charge in [0.25, 0.3) is 5.91 Å². The molecule has 1 aliphatic heterocycles. The fourth-order valence-electron chi connectivity index (χ4n) is 3.40. The smallest absolute Gasteiger partial charge is 0.271 e. The number of ether oxygens (including phenoxy) is 2. The number of amides is 1. The average Bonchev–Trinajstić information content (AvgIpc) is 3.36. The molecule has 0 bridgehead atoms. The van der Waals surface area contributed by atoms with Gasteiger partial charge in [-0.05, 0) is 30.7 Å². The quantitative estimate of drug-likeness (QED) is 0.732. The van der Waals surface area contributed by atoms with E-state index in [2.05, 4.69) is 15.3 Å². The van der Waals surface area contributed by atoms with Crippen LogP contribution >= 0.6 is 0 Å². The van der Waals surface area contributed by atoms with Crippen molar-refractivity contribution in [3.63, 3.8) is 0 Å². The number of methoxy groups -OCH3 is 1. The molecular formula is C20H23N5O3. The van der Waals surface area contributed by atoms with Gasteiger partial charge in [-0.1, -0.05) is 12.1 Å². The van der Waals surface area contributed by atoms with Crippen molar-refractivity contribution in [2.24, 2.45) is 0 Å². The Morgan fingerprint density at radius 2 is 2.25 bits per heavy atom. The Hall–Kier alpha value is -3.13. The summed E-state index contributed by atoms with van der Waals surface area (Å²) in [5.74, 6) is 0.639. The molecule has 2 aromatic heterocycles. The van der Waals surface area contributed by atoms with Crippen molar-refractivity contribution in [2.75, 3.05) is 26.8 Å². The minimum Gasteiger partial charge on any atom is -0.496 e. The lowest BCUT2D eigenvalue weighted by atomic mass is 10.1. The lowest BCUT2D eigenvalue weighted by Gasteiger charge is -2.23. The van der Waals surface area contributed by atoms with Gasteiger partial charge >= 0.3 is 0 Å². The van der Waals surface area contributed by atoms with Crippen molar-refractivity contribution >= 4 is 5.91 Å². The first-order valence-corrected chi connectivity index (χ1v) is 9.31. The number of nitrogens with one attached hydrogen (secondary N) is 1. The molecule has 8 nitrogen and oxygen atoms in total. The van der Waals surface area contributed by atoms with Gasteiger partial charge in [-0.3, -0.25) is 14.6 Å². The third kappa shape index (κ3) is 3.91. The van der Waals surface area contributed by atoms with Crippen LogP contribution in [0.4, 0.5) is 0 Å². The molecule has 0 radical (unpaired) electrons. The lowest BCUT2D eigenvalue weighted by molar-refractivity contribution is 0.0365. The minimum atomic E-state index is -0.0945. The molecule has 3 aromatic rings. The van der Waals surface area contributed by atoms with E-state index < -0.39 is 0 Å². The van der Waals surface area contributed by atoms with Crippen LogP contribution in [-0.4, -0.2) is 63.7 Å². The first-order valence-electron chi connectivity index (χ1n) is 9.31. The highest BCUT2D eigenvalue weighted by Crippen LogP contribution is 2.28. The first-order chi connectivity index (χ1) is 13.7. The summed E-state index contributed by atoms with van der Waals surface area (Å²) in [6.07, 6.45) is 4.34. The maximum Gasteiger partial charge on any atom is 0.271 e. The summed E-state index contributed by atoms with van der Waals surface area (Å²) in [5.41, 5.74) is 1.98. The number of aromatic amines is 1. The van der Waals surface area contributed by atoms with Crippen LogP contribution in [0.25, 0.3) is 11.3 Å². The molecule has 146 valence electrons. The van der Waals surface area contributed by atoms with Crippen molar-refractivity contribution in [1.29, 1.82) is 0 Å². The van der Waals surface area contributed by atoms with E-state index in [1.165, 1.54) is 0 Å². The van der Waals surface area contributed by atoms with Crippen LogP contribution in [0.15, 0.2) is 48.8 Å². The molecule has 1 amide bonds. The summed E-state index contributed by atoms with van der Waals surface area (Å²) in [6.45, 7) is 2.41. The van der Waals surface area contributed by atoms with Crippen LogP contribution < -0.4 is 4.74 Å². The summed E-state index contributed by atoms with van der Waals surface area (Å²) >= 11 is 0. The Bertz CT molecular complexity index is 922. The highest BCUT2D eigenvalue weighted by molar-refractivity contribution is 5.93. The third-order valence-electron chi connectivity index (χ3n) is 4.78. The van der Waals surface area contributed by atoms with Crippen LogP contribution in [0.2, 0.25) is 0 Å². The predicted octanol–water partition coefficient (Wildman–Crippen LogP) is 2.21. The number of benzene rings is 1. The molecule has 3 heterocycles. The number of carbonyl (C=O) groups is 1. The van der Waals surface area contributed by atoms with Crippen LogP contribution in [0.3, 0.4) is 0 Å². The van der Waals surface area contributed by atoms with Crippen LogP contribution in [-0.2, 0) is 11.3 Å².